The number of imidazole rings is 1. The summed E-state index contributed by atoms with van der Waals surface area (Å²) in [5.74, 6) is 1.02. The van der Waals surface area contributed by atoms with Gasteiger partial charge in [-0.3, -0.25) is 4.79 Å². The molecule has 0 aliphatic heterocycles. The monoisotopic (exact) mass is 224 g/mol. The van der Waals surface area contributed by atoms with Crippen molar-refractivity contribution in [2.75, 3.05) is 0 Å². The molecule has 15 heavy (non-hydrogen) atoms. The standard InChI is InChI=1S/C11H16N2OS/c1-8-3-4-9(14)7-10(8)15-11-12-5-6-13(11)2/h5-6,8,10H,3-4,7H2,1-2H3. The first-order valence-corrected chi connectivity index (χ1v) is 6.20. The lowest BCUT2D eigenvalue weighted by Crippen LogP contribution is -2.25. The van der Waals surface area contributed by atoms with Crippen LogP contribution < -0.4 is 0 Å². The fourth-order valence-electron chi connectivity index (χ4n) is 1.86. The largest absolute Gasteiger partial charge is 0.329 e. The van der Waals surface area contributed by atoms with Crippen LogP contribution >= 0.6 is 11.8 Å². The number of nitrogens with zero attached hydrogens (tertiary/aromatic N) is 2. The average molecular weight is 224 g/mol. The summed E-state index contributed by atoms with van der Waals surface area (Å²) in [7, 11) is 1.99. The summed E-state index contributed by atoms with van der Waals surface area (Å²) in [5, 5.41) is 1.42. The van der Waals surface area contributed by atoms with E-state index in [1.165, 1.54) is 0 Å². The van der Waals surface area contributed by atoms with E-state index in [0.29, 0.717) is 23.4 Å². The predicted octanol–water partition coefficient (Wildman–Crippen LogP) is 2.27. The van der Waals surface area contributed by atoms with E-state index in [-0.39, 0.29) is 0 Å². The molecule has 1 aromatic rings. The average Bonchev–Trinajstić information content (AvgIpc) is 2.58. The summed E-state index contributed by atoms with van der Waals surface area (Å²) in [5.41, 5.74) is 0. The van der Waals surface area contributed by atoms with Crippen LogP contribution in [-0.2, 0) is 11.8 Å². The van der Waals surface area contributed by atoms with Gasteiger partial charge in [0.15, 0.2) is 5.16 Å². The molecule has 1 aliphatic rings. The maximum atomic E-state index is 11.4. The number of aromatic nitrogens is 2. The van der Waals surface area contributed by atoms with Gasteiger partial charge in [-0.25, -0.2) is 4.98 Å². The second-order valence-electron chi connectivity index (χ2n) is 4.24. The van der Waals surface area contributed by atoms with Crippen molar-refractivity contribution in [2.24, 2.45) is 13.0 Å². The highest BCUT2D eigenvalue weighted by Gasteiger charge is 2.27. The Morgan fingerprint density at radius 1 is 1.60 bits per heavy atom. The molecule has 0 radical (unpaired) electrons. The highest BCUT2D eigenvalue weighted by Crippen LogP contribution is 2.34. The Balaban J connectivity index is 2.04. The van der Waals surface area contributed by atoms with E-state index in [1.54, 1.807) is 18.0 Å². The molecule has 2 unspecified atom stereocenters. The number of carbonyl (C=O) groups is 1. The van der Waals surface area contributed by atoms with Gasteiger partial charge in [0.1, 0.15) is 5.78 Å². The first kappa shape index (κ1) is 10.7. The van der Waals surface area contributed by atoms with Crippen molar-refractivity contribution in [3.63, 3.8) is 0 Å². The van der Waals surface area contributed by atoms with Crippen molar-refractivity contribution in [1.29, 1.82) is 0 Å². The summed E-state index contributed by atoms with van der Waals surface area (Å²) >= 11 is 1.74. The lowest BCUT2D eigenvalue weighted by atomic mass is 9.89. The number of ketones is 1. The third kappa shape index (κ3) is 2.43. The minimum Gasteiger partial charge on any atom is -0.329 e. The molecule has 1 saturated carbocycles. The number of aryl methyl sites for hydroxylation is 1. The molecule has 1 heterocycles. The molecule has 0 bridgehead atoms. The van der Waals surface area contributed by atoms with E-state index < -0.39 is 0 Å². The van der Waals surface area contributed by atoms with E-state index in [9.17, 15) is 4.79 Å². The molecule has 0 aromatic carbocycles. The van der Waals surface area contributed by atoms with Crippen molar-refractivity contribution in [1.82, 2.24) is 9.55 Å². The van der Waals surface area contributed by atoms with E-state index in [1.807, 2.05) is 17.8 Å². The molecule has 3 nitrogen and oxygen atoms in total. The van der Waals surface area contributed by atoms with Crippen LogP contribution in [-0.4, -0.2) is 20.6 Å². The molecule has 0 amide bonds. The maximum absolute atomic E-state index is 11.4. The zero-order valence-corrected chi connectivity index (χ0v) is 9.96. The Hall–Kier alpha value is -0.770. The molecule has 0 N–H and O–H groups in total. The van der Waals surface area contributed by atoms with Crippen LogP contribution in [0.5, 0.6) is 0 Å². The molecule has 2 rings (SSSR count). The topological polar surface area (TPSA) is 34.9 Å². The molecule has 2 atom stereocenters. The summed E-state index contributed by atoms with van der Waals surface area (Å²) in [4.78, 5) is 15.7. The number of Topliss-reactive ketones (excluding diaryl/α,β-unsaturated/α-hetero) is 1. The number of rotatable bonds is 2. The lowest BCUT2D eigenvalue weighted by Gasteiger charge is -2.26. The molecule has 1 fully saturated rings. The van der Waals surface area contributed by atoms with E-state index in [2.05, 4.69) is 11.9 Å². The third-order valence-electron chi connectivity index (χ3n) is 2.98. The van der Waals surface area contributed by atoms with Crippen molar-refractivity contribution in [3.05, 3.63) is 12.4 Å². The van der Waals surface area contributed by atoms with Crippen LogP contribution in [0.1, 0.15) is 26.2 Å². The van der Waals surface area contributed by atoms with Crippen LogP contribution in [0.15, 0.2) is 17.6 Å². The van der Waals surface area contributed by atoms with Gasteiger partial charge in [0.05, 0.1) is 0 Å². The first-order valence-electron chi connectivity index (χ1n) is 5.32. The molecule has 82 valence electrons. The van der Waals surface area contributed by atoms with E-state index >= 15 is 0 Å². The second kappa shape index (κ2) is 4.39. The van der Waals surface area contributed by atoms with Gasteiger partial charge >= 0.3 is 0 Å². The van der Waals surface area contributed by atoms with Gasteiger partial charge in [-0.05, 0) is 12.3 Å². The van der Waals surface area contributed by atoms with E-state index in [4.69, 9.17) is 0 Å². The molecular formula is C11H16N2OS. The van der Waals surface area contributed by atoms with Crippen LogP contribution in [0.25, 0.3) is 0 Å². The van der Waals surface area contributed by atoms with Crippen LogP contribution in [0.3, 0.4) is 0 Å². The van der Waals surface area contributed by atoms with Gasteiger partial charge in [0.2, 0.25) is 0 Å². The van der Waals surface area contributed by atoms with Crippen molar-refractivity contribution >= 4 is 17.5 Å². The second-order valence-corrected chi connectivity index (χ2v) is 5.44. The zero-order valence-electron chi connectivity index (χ0n) is 9.14. The quantitative estimate of drug-likeness (QED) is 0.773. The van der Waals surface area contributed by atoms with Crippen molar-refractivity contribution < 1.29 is 4.79 Å². The number of hydrogen-bond acceptors (Lipinski definition) is 3. The number of thioether (sulfide) groups is 1. The van der Waals surface area contributed by atoms with Gasteiger partial charge in [-0.15, -0.1) is 0 Å². The Morgan fingerprint density at radius 2 is 2.40 bits per heavy atom. The minimum atomic E-state index is 0.403. The molecule has 0 saturated heterocycles. The van der Waals surface area contributed by atoms with Gasteiger partial charge in [-0.2, -0.15) is 0 Å². The predicted molar refractivity (Wildman–Crippen MR) is 60.9 cm³/mol. The molecule has 1 aliphatic carbocycles. The normalized spacial score (nSPS) is 26.9. The third-order valence-corrected chi connectivity index (χ3v) is 4.51. The fourth-order valence-corrected chi connectivity index (χ4v) is 3.12. The van der Waals surface area contributed by atoms with Crippen molar-refractivity contribution in [2.45, 2.75) is 36.6 Å². The Bertz CT molecular complexity index is 361. The summed E-state index contributed by atoms with van der Waals surface area (Å²) in [6.45, 7) is 2.23. The van der Waals surface area contributed by atoms with Gasteiger partial charge in [0, 0.05) is 37.5 Å². The van der Waals surface area contributed by atoms with Crippen LogP contribution in [0.4, 0.5) is 0 Å². The summed E-state index contributed by atoms with van der Waals surface area (Å²) in [6.07, 6.45) is 6.24. The highest BCUT2D eigenvalue weighted by molar-refractivity contribution is 7.99. The minimum absolute atomic E-state index is 0.403. The van der Waals surface area contributed by atoms with Crippen LogP contribution in [0.2, 0.25) is 0 Å². The molecule has 4 heteroatoms. The van der Waals surface area contributed by atoms with Crippen molar-refractivity contribution in [3.8, 4) is 0 Å². The van der Waals surface area contributed by atoms with Gasteiger partial charge in [-0.1, -0.05) is 18.7 Å². The Labute approximate surface area is 94.3 Å². The SMILES string of the molecule is CC1CCC(=O)CC1Sc1nccn1C. The summed E-state index contributed by atoms with van der Waals surface area (Å²) in [6, 6.07) is 0. The number of hydrogen-bond donors (Lipinski definition) is 0. The Kier molecular flexibility index (Phi) is 3.14. The van der Waals surface area contributed by atoms with Gasteiger partial charge < -0.3 is 4.57 Å². The maximum Gasteiger partial charge on any atom is 0.167 e. The molecule has 1 aromatic heterocycles. The fraction of sp³-hybridized carbons (Fsp3) is 0.636. The zero-order chi connectivity index (χ0) is 10.8. The highest BCUT2D eigenvalue weighted by atomic mass is 32.2. The first-order chi connectivity index (χ1) is 7.16. The van der Waals surface area contributed by atoms with Crippen LogP contribution in [0, 0.1) is 5.92 Å². The summed E-state index contributed by atoms with van der Waals surface area (Å²) < 4.78 is 2.01. The lowest BCUT2D eigenvalue weighted by molar-refractivity contribution is -0.120. The van der Waals surface area contributed by atoms with E-state index in [0.717, 1.165) is 18.0 Å². The van der Waals surface area contributed by atoms with Gasteiger partial charge in [0.25, 0.3) is 0 Å². The molecular weight excluding hydrogens is 208 g/mol. The molecule has 0 spiro atoms. The Morgan fingerprint density at radius 3 is 3.07 bits per heavy atom. The smallest absolute Gasteiger partial charge is 0.167 e. The number of carbonyl (C=O) groups excluding carboxylic acids is 1.